The number of halogens is 1. The lowest BCUT2D eigenvalue weighted by Crippen LogP contribution is -2.31. The molecule has 0 aliphatic carbocycles. The predicted octanol–water partition coefficient (Wildman–Crippen LogP) is 5.06. The van der Waals surface area contributed by atoms with Crippen molar-refractivity contribution in [1.82, 2.24) is 4.90 Å². The van der Waals surface area contributed by atoms with Gasteiger partial charge in [-0.3, -0.25) is 4.79 Å². The van der Waals surface area contributed by atoms with Crippen molar-refractivity contribution >= 4 is 34.2 Å². The molecule has 0 saturated carbocycles. The van der Waals surface area contributed by atoms with Crippen molar-refractivity contribution in [1.29, 1.82) is 0 Å². The number of amidine groups is 1. The summed E-state index contributed by atoms with van der Waals surface area (Å²) in [5, 5.41) is 3.62. The summed E-state index contributed by atoms with van der Waals surface area (Å²) in [5.41, 5.74) is 1.35. The average molecular weight is 386 g/mol. The van der Waals surface area contributed by atoms with Gasteiger partial charge in [-0.05, 0) is 43.2 Å². The molecule has 0 unspecified atom stereocenters. The van der Waals surface area contributed by atoms with Gasteiger partial charge in [-0.15, -0.1) is 0 Å². The first kappa shape index (κ1) is 19.4. The highest BCUT2D eigenvalue weighted by Crippen LogP contribution is 2.21. The molecule has 1 saturated heterocycles. The van der Waals surface area contributed by atoms with Gasteiger partial charge < -0.3 is 10.2 Å². The fraction of sp³-hybridized carbons (Fsp3) is 0.333. The number of para-hydroxylation sites is 1. The van der Waals surface area contributed by atoms with E-state index in [4.69, 9.17) is 4.99 Å². The third-order valence-electron chi connectivity index (χ3n) is 4.30. The molecule has 3 rings (SSSR count). The van der Waals surface area contributed by atoms with Gasteiger partial charge >= 0.3 is 0 Å². The Morgan fingerprint density at radius 3 is 2.48 bits per heavy atom. The van der Waals surface area contributed by atoms with Gasteiger partial charge in [0.15, 0.2) is 5.17 Å². The fourth-order valence-electron chi connectivity index (χ4n) is 2.96. The van der Waals surface area contributed by atoms with Crippen molar-refractivity contribution in [2.24, 2.45) is 4.99 Å². The van der Waals surface area contributed by atoms with Crippen LogP contribution in [-0.2, 0) is 4.79 Å². The van der Waals surface area contributed by atoms with E-state index in [1.165, 1.54) is 36.7 Å². The zero-order valence-corrected chi connectivity index (χ0v) is 16.1. The molecule has 0 spiro atoms. The van der Waals surface area contributed by atoms with E-state index in [9.17, 15) is 9.18 Å². The van der Waals surface area contributed by atoms with Crippen molar-refractivity contribution in [2.45, 2.75) is 25.7 Å². The number of nitrogens with zero attached hydrogens (tertiary/aromatic N) is 2. The molecule has 0 bridgehead atoms. The number of amides is 1. The molecule has 0 radical (unpaired) electrons. The average Bonchev–Trinajstić information content (AvgIpc) is 2.95. The van der Waals surface area contributed by atoms with Crippen LogP contribution in [0.15, 0.2) is 59.6 Å². The van der Waals surface area contributed by atoms with Crippen LogP contribution in [0.5, 0.6) is 0 Å². The second-order valence-electron chi connectivity index (χ2n) is 6.48. The van der Waals surface area contributed by atoms with Crippen molar-refractivity contribution < 1.29 is 9.18 Å². The molecule has 4 nitrogen and oxygen atoms in total. The molecule has 27 heavy (non-hydrogen) atoms. The second kappa shape index (κ2) is 10.1. The monoisotopic (exact) mass is 385 g/mol. The van der Waals surface area contributed by atoms with E-state index in [1.807, 2.05) is 30.3 Å². The van der Waals surface area contributed by atoms with Gasteiger partial charge in [-0.1, -0.05) is 48.9 Å². The number of carbonyl (C=O) groups excluding carboxylic acids is 1. The first-order chi connectivity index (χ1) is 13.2. The minimum absolute atomic E-state index is 0.166. The normalized spacial score (nSPS) is 15.3. The Morgan fingerprint density at radius 2 is 1.78 bits per heavy atom. The molecule has 1 heterocycles. The van der Waals surface area contributed by atoms with Crippen LogP contribution in [0.1, 0.15) is 25.7 Å². The van der Waals surface area contributed by atoms with E-state index < -0.39 is 0 Å². The van der Waals surface area contributed by atoms with Gasteiger partial charge in [-0.25, -0.2) is 9.38 Å². The van der Waals surface area contributed by atoms with Gasteiger partial charge in [0.1, 0.15) is 5.82 Å². The Balaban J connectivity index is 1.67. The largest absolute Gasteiger partial charge is 0.351 e. The van der Waals surface area contributed by atoms with Crippen LogP contribution in [-0.4, -0.2) is 34.8 Å². The first-order valence-corrected chi connectivity index (χ1v) is 10.3. The van der Waals surface area contributed by atoms with Gasteiger partial charge in [0.2, 0.25) is 5.91 Å². The SMILES string of the molecule is O=C(CSC(=Nc1ccccc1)N1CCCCCC1)Nc1cccc(F)c1. The summed E-state index contributed by atoms with van der Waals surface area (Å²) in [6.45, 7) is 1.92. The number of hydrogen-bond donors (Lipinski definition) is 1. The molecule has 142 valence electrons. The van der Waals surface area contributed by atoms with Crippen molar-refractivity contribution in [2.75, 3.05) is 24.2 Å². The van der Waals surface area contributed by atoms with E-state index in [1.54, 1.807) is 12.1 Å². The number of carbonyl (C=O) groups is 1. The van der Waals surface area contributed by atoms with Crippen LogP contribution in [0, 0.1) is 5.82 Å². The van der Waals surface area contributed by atoms with Gasteiger partial charge in [0.05, 0.1) is 11.4 Å². The lowest BCUT2D eigenvalue weighted by Gasteiger charge is -2.23. The first-order valence-electron chi connectivity index (χ1n) is 9.27. The van der Waals surface area contributed by atoms with E-state index in [2.05, 4.69) is 10.2 Å². The standard InChI is InChI=1S/C21H24FN3OS/c22-17-9-8-12-19(15-17)23-20(26)16-27-21(24-18-10-4-3-5-11-18)25-13-6-1-2-7-14-25/h3-5,8-12,15H,1-2,6-7,13-14,16H2,(H,23,26). The summed E-state index contributed by atoms with van der Waals surface area (Å²) >= 11 is 1.43. The van der Waals surface area contributed by atoms with Gasteiger partial charge in [0.25, 0.3) is 0 Å². The highest BCUT2D eigenvalue weighted by atomic mass is 32.2. The summed E-state index contributed by atoms with van der Waals surface area (Å²) in [6, 6.07) is 15.7. The summed E-state index contributed by atoms with van der Waals surface area (Å²) in [5.74, 6) is -0.295. The molecule has 1 aliphatic heterocycles. The lowest BCUT2D eigenvalue weighted by atomic mass is 10.2. The Kier molecular flexibility index (Phi) is 7.27. The Bertz CT molecular complexity index is 774. The molecule has 0 aromatic heterocycles. The Morgan fingerprint density at radius 1 is 1.04 bits per heavy atom. The highest BCUT2D eigenvalue weighted by Gasteiger charge is 2.16. The predicted molar refractivity (Wildman–Crippen MR) is 111 cm³/mol. The zero-order valence-electron chi connectivity index (χ0n) is 15.2. The number of rotatable bonds is 4. The number of aliphatic imine (C=N–C) groups is 1. The molecule has 0 atom stereocenters. The minimum Gasteiger partial charge on any atom is -0.351 e. The molecular formula is C21H24FN3OS. The topological polar surface area (TPSA) is 44.7 Å². The van der Waals surface area contributed by atoms with E-state index in [0.29, 0.717) is 5.69 Å². The number of hydrogen-bond acceptors (Lipinski definition) is 3. The number of nitrogens with one attached hydrogen (secondary N) is 1. The summed E-state index contributed by atoms with van der Waals surface area (Å²) < 4.78 is 13.3. The number of benzene rings is 2. The highest BCUT2D eigenvalue weighted by molar-refractivity contribution is 8.14. The third-order valence-corrected chi connectivity index (χ3v) is 5.31. The maximum absolute atomic E-state index is 13.3. The molecule has 1 fully saturated rings. The third kappa shape index (κ3) is 6.40. The van der Waals surface area contributed by atoms with Crippen LogP contribution in [0.2, 0.25) is 0 Å². The van der Waals surface area contributed by atoms with Gasteiger partial charge in [0, 0.05) is 18.8 Å². The van der Waals surface area contributed by atoms with Crippen molar-refractivity contribution in [3.63, 3.8) is 0 Å². The summed E-state index contributed by atoms with van der Waals surface area (Å²) in [6.07, 6.45) is 4.76. The van der Waals surface area contributed by atoms with Crippen molar-refractivity contribution in [3.8, 4) is 0 Å². The molecule has 1 aliphatic rings. The molecule has 6 heteroatoms. The lowest BCUT2D eigenvalue weighted by molar-refractivity contribution is -0.113. The second-order valence-corrected chi connectivity index (χ2v) is 7.42. The number of likely N-dealkylation sites (tertiary alicyclic amines) is 1. The van der Waals surface area contributed by atoms with E-state index in [0.717, 1.165) is 36.8 Å². The van der Waals surface area contributed by atoms with Crippen LogP contribution in [0.4, 0.5) is 15.8 Å². The molecular weight excluding hydrogens is 361 g/mol. The van der Waals surface area contributed by atoms with E-state index in [-0.39, 0.29) is 17.5 Å². The molecule has 2 aromatic carbocycles. The van der Waals surface area contributed by atoms with Crippen LogP contribution in [0.25, 0.3) is 0 Å². The fourth-order valence-corrected chi connectivity index (χ4v) is 3.83. The summed E-state index contributed by atoms with van der Waals surface area (Å²) in [4.78, 5) is 19.4. The maximum Gasteiger partial charge on any atom is 0.234 e. The van der Waals surface area contributed by atoms with Crippen LogP contribution >= 0.6 is 11.8 Å². The van der Waals surface area contributed by atoms with Crippen LogP contribution in [0.3, 0.4) is 0 Å². The molecule has 1 amide bonds. The molecule has 2 aromatic rings. The van der Waals surface area contributed by atoms with E-state index >= 15 is 0 Å². The zero-order chi connectivity index (χ0) is 18.9. The Labute approximate surface area is 163 Å². The smallest absolute Gasteiger partial charge is 0.234 e. The minimum atomic E-state index is -0.364. The number of anilines is 1. The number of thioether (sulfide) groups is 1. The maximum atomic E-state index is 13.3. The summed E-state index contributed by atoms with van der Waals surface area (Å²) in [7, 11) is 0. The quantitative estimate of drug-likeness (QED) is 0.591. The Hall–Kier alpha value is -2.34. The van der Waals surface area contributed by atoms with Crippen molar-refractivity contribution in [3.05, 3.63) is 60.4 Å². The van der Waals surface area contributed by atoms with Crippen LogP contribution < -0.4 is 5.32 Å². The molecule has 1 N–H and O–H groups in total. The van der Waals surface area contributed by atoms with Gasteiger partial charge in [-0.2, -0.15) is 0 Å².